The lowest BCUT2D eigenvalue weighted by atomic mass is 10.1. The first kappa shape index (κ1) is 23.1. The molecule has 0 bridgehead atoms. The van der Waals surface area contributed by atoms with Crippen LogP contribution in [0.2, 0.25) is 0 Å². The second-order valence-electron chi connectivity index (χ2n) is 7.16. The monoisotopic (exact) mass is 458 g/mol. The number of nitrogens with zero attached hydrogens (tertiary/aromatic N) is 3. The van der Waals surface area contributed by atoms with Crippen LogP contribution in [0.15, 0.2) is 53.4 Å². The second kappa shape index (κ2) is 10.1. The summed E-state index contributed by atoms with van der Waals surface area (Å²) in [6, 6.07) is 13.9. The molecule has 0 spiro atoms. The summed E-state index contributed by atoms with van der Waals surface area (Å²) in [6.07, 6.45) is 1.48. The lowest BCUT2D eigenvalue weighted by Gasteiger charge is -2.21. The van der Waals surface area contributed by atoms with Gasteiger partial charge in [-0.25, -0.2) is 8.42 Å². The molecule has 0 fully saturated rings. The van der Waals surface area contributed by atoms with Crippen molar-refractivity contribution in [3.8, 4) is 10.6 Å². The van der Waals surface area contributed by atoms with Crippen molar-refractivity contribution in [1.29, 1.82) is 0 Å². The fourth-order valence-electron chi connectivity index (χ4n) is 3.12. The minimum absolute atomic E-state index is 0.184. The van der Waals surface area contributed by atoms with Gasteiger partial charge < -0.3 is 0 Å². The molecule has 2 aromatic carbocycles. The molecule has 164 valence electrons. The molecule has 31 heavy (non-hydrogen) atoms. The summed E-state index contributed by atoms with van der Waals surface area (Å²) in [7, 11) is -3.58. The summed E-state index contributed by atoms with van der Waals surface area (Å²) in [5, 5.41) is 12.0. The number of aryl methyl sites for hydroxylation is 1. The summed E-state index contributed by atoms with van der Waals surface area (Å²) in [5.74, 6) is -0.366. The molecular formula is C22H26N4O3S2. The minimum Gasteiger partial charge on any atom is -0.296 e. The molecule has 0 aliphatic heterocycles. The van der Waals surface area contributed by atoms with Crippen molar-refractivity contribution in [1.82, 2.24) is 14.5 Å². The molecule has 0 saturated carbocycles. The molecule has 0 aliphatic rings. The highest BCUT2D eigenvalue weighted by Gasteiger charge is 2.23. The topological polar surface area (TPSA) is 92.3 Å². The van der Waals surface area contributed by atoms with Crippen molar-refractivity contribution < 1.29 is 13.2 Å². The molecule has 0 radical (unpaired) electrons. The van der Waals surface area contributed by atoms with E-state index in [1.165, 1.54) is 39.9 Å². The van der Waals surface area contributed by atoms with Crippen molar-refractivity contribution in [3.05, 3.63) is 59.7 Å². The van der Waals surface area contributed by atoms with Crippen molar-refractivity contribution >= 4 is 32.4 Å². The smallest absolute Gasteiger partial charge is 0.257 e. The Bertz CT molecular complexity index is 1140. The predicted octanol–water partition coefficient (Wildman–Crippen LogP) is 4.58. The Balaban J connectivity index is 1.72. The van der Waals surface area contributed by atoms with E-state index >= 15 is 0 Å². The maximum atomic E-state index is 12.9. The van der Waals surface area contributed by atoms with Gasteiger partial charge in [-0.1, -0.05) is 48.9 Å². The molecule has 1 N–H and O–H groups in total. The lowest BCUT2D eigenvalue weighted by molar-refractivity contribution is 0.102. The van der Waals surface area contributed by atoms with Gasteiger partial charge in [0.1, 0.15) is 5.01 Å². The molecule has 0 unspecified atom stereocenters. The van der Waals surface area contributed by atoms with Crippen LogP contribution in [-0.2, 0) is 10.0 Å². The molecule has 3 rings (SSSR count). The average molecular weight is 459 g/mol. The number of amides is 1. The van der Waals surface area contributed by atoms with Crippen LogP contribution in [0.4, 0.5) is 5.13 Å². The Labute approximate surface area is 187 Å². The van der Waals surface area contributed by atoms with E-state index in [0.29, 0.717) is 28.8 Å². The van der Waals surface area contributed by atoms with Gasteiger partial charge in [-0.2, -0.15) is 4.31 Å². The summed E-state index contributed by atoms with van der Waals surface area (Å²) >= 11 is 1.28. The molecule has 1 aromatic heterocycles. The quantitative estimate of drug-likeness (QED) is 0.507. The number of carbonyl (C=O) groups excluding carboxylic acids is 1. The molecule has 9 heteroatoms. The van der Waals surface area contributed by atoms with Gasteiger partial charge in [-0.3, -0.25) is 10.1 Å². The molecule has 0 atom stereocenters. The van der Waals surface area contributed by atoms with Crippen molar-refractivity contribution in [2.75, 3.05) is 18.4 Å². The number of rotatable bonds is 9. The number of hydrogen-bond donors (Lipinski definition) is 1. The van der Waals surface area contributed by atoms with Crippen LogP contribution in [0.1, 0.15) is 42.6 Å². The highest BCUT2D eigenvalue weighted by atomic mass is 32.2. The van der Waals surface area contributed by atoms with Crippen LogP contribution in [0.5, 0.6) is 0 Å². The molecule has 3 aromatic rings. The first-order chi connectivity index (χ1) is 14.8. The van der Waals surface area contributed by atoms with Crippen LogP contribution in [0, 0.1) is 6.92 Å². The fourth-order valence-corrected chi connectivity index (χ4v) is 5.48. The molecule has 0 saturated heterocycles. The van der Waals surface area contributed by atoms with E-state index in [0.717, 1.165) is 24.0 Å². The molecule has 1 amide bonds. The largest absolute Gasteiger partial charge is 0.296 e. The Morgan fingerprint density at radius 1 is 1.03 bits per heavy atom. The van der Waals surface area contributed by atoms with Gasteiger partial charge in [0.2, 0.25) is 15.2 Å². The van der Waals surface area contributed by atoms with Gasteiger partial charge in [0.25, 0.3) is 5.91 Å². The van der Waals surface area contributed by atoms with E-state index < -0.39 is 10.0 Å². The highest BCUT2D eigenvalue weighted by Crippen LogP contribution is 2.27. The number of nitrogens with one attached hydrogen (secondary N) is 1. The standard InChI is InChI=1S/C22H26N4O3S2/c1-4-13-26(14-5-2)31(28,29)19-11-9-17(10-12-19)20(27)23-22-25-24-21(30-22)18-8-6-7-16(3)15-18/h6-12,15H,4-5,13-14H2,1-3H3,(H,23,25,27). The van der Waals surface area contributed by atoms with Crippen LogP contribution in [0.3, 0.4) is 0 Å². The van der Waals surface area contributed by atoms with Crippen LogP contribution in [-0.4, -0.2) is 41.9 Å². The van der Waals surface area contributed by atoms with E-state index in [-0.39, 0.29) is 10.8 Å². The van der Waals surface area contributed by atoms with Gasteiger partial charge in [0.15, 0.2) is 0 Å². The SMILES string of the molecule is CCCN(CCC)S(=O)(=O)c1ccc(C(=O)Nc2nnc(-c3cccc(C)c3)s2)cc1. The maximum Gasteiger partial charge on any atom is 0.257 e. The zero-order chi connectivity index (χ0) is 22.4. The number of benzene rings is 2. The van der Waals surface area contributed by atoms with Crippen molar-refractivity contribution in [2.24, 2.45) is 0 Å². The zero-order valence-electron chi connectivity index (χ0n) is 17.8. The van der Waals surface area contributed by atoms with E-state index in [2.05, 4.69) is 15.5 Å². The fraction of sp³-hybridized carbons (Fsp3) is 0.318. The molecular weight excluding hydrogens is 432 g/mol. The van der Waals surface area contributed by atoms with Gasteiger partial charge >= 0.3 is 0 Å². The predicted molar refractivity (Wildman–Crippen MR) is 124 cm³/mol. The highest BCUT2D eigenvalue weighted by molar-refractivity contribution is 7.89. The van der Waals surface area contributed by atoms with Crippen LogP contribution < -0.4 is 5.32 Å². The number of anilines is 1. The number of aromatic nitrogens is 2. The number of carbonyl (C=O) groups is 1. The normalized spacial score (nSPS) is 11.6. The summed E-state index contributed by atoms with van der Waals surface area (Å²) in [4.78, 5) is 12.8. The van der Waals surface area contributed by atoms with E-state index in [9.17, 15) is 13.2 Å². The third kappa shape index (κ3) is 5.55. The molecule has 1 heterocycles. The Morgan fingerprint density at radius 3 is 2.32 bits per heavy atom. The van der Waals surface area contributed by atoms with Crippen LogP contribution >= 0.6 is 11.3 Å². The summed E-state index contributed by atoms with van der Waals surface area (Å²) < 4.78 is 27.2. The number of hydrogen-bond acceptors (Lipinski definition) is 6. The summed E-state index contributed by atoms with van der Waals surface area (Å²) in [5.41, 5.74) is 2.41. The first-order valence-corrected chi connectivity index (χ1v) is 12.4. The minimum atomic E-state index is -3.58. The van der Waals surface area contributed by atoms with Gasteiger partial charge in [-0.15, -0.1) is 10.2 Å². The Kier molecular flexibility index (Phi) is 7.53. The maximum absolute atomic E-state index is 12.9. The third-order valence-corrected chi connectivity index (χ3v) is 7.41. The summed E-state index contributed by atoms with van der Waals surface area (Å²) in [6.45, 7) is 6.84. The molecule has 0 aliphatic carbocycles. The average Bonchev–Trinajstić information content (AvgIpc) is 3.22. The molecule has 7 nitrogen and oxygen atoms in total. The van der Waals surface area contributed by atoms with E-state index in [4.69, 9.17) is 0 Å². The van der Waals surface area contributed by atoms with Gasteiger partial charge in [0, 0.05) is 24.2 Å². The van der Waals surface area contributed by atoms with Crippen LogP contribution in [0.25, 0.3) is 10.6 Å². The second-order valence-corrected chi connectivity index (χ2v) is 10.1. The Morgan fingerprint density at radius 2 is 1.71 bits per heavy atom. The Hall–Kier alpha value is -2.62. The van der Waals surface area contributed by atoms with E-state index in [1.807, 2.05) is 45.0 Å². The van der Waals surface area contributed by atoms with E-state index in [1.54, 1.807) is 0 Å². The van der Waals surface area contributed by atoms with Crippen molar-refractivity contribution in [2.45, 2.75) is 38.5 Å². The third-order valence-electron chi connectivity index (χ3n) is 4.61. The lowest BCUT2D eigenvalue weighted by Crippen LogP contribution is -2.32. The van der Waals surface area contributed by atoms with Gasteiger partial charge in [0.05, 0.1) is 4.90 Å². The zero-order valence-corrected chi connectivity index (χ0v) is 19.5. The van der Waals surface area contributed by atoms with Gasteiger partial charge in [-0.05, 0) is 50.1 Å². The van der Waals surface area contributed by atoms with Crippen molar-refractivity contribution in [3.63, 3.8) is 0 Å². The first-order valence-electron chi connectivity index (χ1n) is 10.2. The number of sulfonamides is 1.